The van der Waals surface area contributed by atoms with Crippen molar-refractivity contribution >= 4 is 71.2 Å². The highest BCUT2D eigenvalue weighted by Gasteiger charge is 2.35. The molecular formula is C63H44N2. The number of aromatic nitrogens is 1. The number of benzene rings is 11. The van der Waals surface area contributed by atoms with Crippen LogP contribution in [0.5, 0.6) is 0 Å². The van der Waals surface area contributed by atoms with Crippen LogP contribution in [0, 0.1) is 0 Å². The maximum Gasteiger partial charge on any atom is 0.0626 e. The largest absolute Gasteiger partial charge is 0.310 e. The molecule has 13 rings (SSSR count). The van der Waals surface area contributed by atoms with Crippen LogP contribution in [0.2, 0.25) is 0 Å². The van der Waals surface area contributed by atoms with Gasteiger partial charge in [0.1, 0.15) is 0 Å². The zero-order valence-electron chi connectivity index (χ0n) is 36.3. The summed E-state index contributed by atoms with van der Waals surface area (Å²) in [6, 6.07) is 85.0. The molecule has 65 heavy (non-hydrogen) atoms. The predicted octanol–water partition coefficient (Wildman–Crippen LogP) is 17.4. The first-order valence-electron chi connectivity index (χ1n) is 22.7. The lowest BCUT2D eigenvalue weighted by Crippen LogP contribution is -2.16. The molecule has 12 aromatic rings. The number of anilines is 3. The van der Waals surface area contributed by atoms with Crippen molar-refractivity contribution in [3.05, 3.63) is 242 Å². The van der Waals surface area contributed by atoms with E-state index in [0.29, 0.717) is 0 Å². The molecular weight excluding hydrogens is 785 g/mol. The van der Waals surface area contributed by atoms with Gasteiger partial charge in [0, 0.05) is 49.7 Å². The topological polar surface area (TPSA) is 8.17 Å². The Morgan fingerprint density at radius 3 is 1.66 bits per heavy atom. The molecule has 0 spiro atoms. The molecule has 2 nitrogen and oxygen atoms in total. The highest BCUT2D eigenvalue weighted by molar-refractivity contribution is 6.38. The molecule has 0 amide bonds. The quantitative estimate of drug-likeness (QED) is 0.152. The zero-order valence-corrected chi connectivity index (χ0v) is 36.3. The maximum absolute atomic E-state index is 2.49. The van der Waals surface area contributed by atoms with Crippen LogP contribution >= 0.6 is 0 Å². The summed E-state index contributed by atoms with van der Waals surface area (Å²) in [5.74, 6) is 0. The summed E-state index contributed by atoms with van der Waals surface area (Å²) in [6.07, 6.45) is 0. The Balaban J connectivity index is 0.994. The van der Waals surface area contributed by atoms with E-state index in [0.717, 1.165) is 22.7 Å². The third-order valence-corrected chi connectivity index (χ3v) is 14.2. The van der Waals surface area contributed by atoms with Gasteiger partial charge in [-0.1, -0.05) is 184 Å². The van der Waals surface area contributed by atoms with Gasteiger partial charge < -0.3 is 9.47 Å². The molecule has 306 valence electrons. The lowest BCUT2D eigenvalue weighted by atomic mass is 9.82. The summed E-state index contributed by atoms with van der Waals surface area (Å²) in [7, 11) is 0. The fourth-order valence-corrected chi connectivity index (χ4v) is 11.1. The van der Waals surface area contributed by atoms with Gasteiger partial charge in [0.2, 0.25) is 0 Å². The lowest BCUT2D eigenvalue weighted by molar-refractivity contribution is 0.660. The first kappa shape index (κ1) is 37.4. The van der Waals surface area contributed by atoms with Crippen LogP contribution in [0.15, 0.2) is 231 Å². The van der Waals surface area contributed by atoms with Crippen LogP contribution in [0.1, 0.15) is 25.0 Å². The van der Waals surface area contributed by atoms with Crippen molar-refractivity contribution in [2.45, 2.75) is 19.3 Å². The minimum absolute atomic E-state index is 0.0932. The Kier molecular flexibility index (Phi) is 8.29. The van der Waals surface area contributed by atoms with Gasteiger partial charge in [0.15, 0.2) is 0 Å². The maximum atomic E-state index is 2.49. The number of hydrogen-bond donors (Lipinski definition) is 0. The Bertz CT molecular complexity index is 3820. The van der Waals surface area contributed by atoms with Crippen molar-refractivity contribution in [2.75, 3.05) is 4.90 Å². The van der Waals surface area contributed by atoms with Gasteiger partial charge in [-0.3, -0.25) is 0 Å². The molecule has 1 heterocycles. The van der Waals surface area contributed by atoms with E-state index < -0.39 is 0 Å². The Labute approximate surface area is 378 Å². The molecule has 0 atom stereocenters. The molecule has 0 saturated heterocycles. The van der Waals surface area contributed by atoms with Crippen LogP contribution in [0.4, 0.5) is 17.1 Å². The number of rotatable bonds is 6. The highest BCUT2D eigenvalue weighted by Crippen LogP contribution is 2.51. The monoisotopic (exact) mass is 828 g/mol. The van der Waals surface area contributed by atoms with E-state index in [1.807, 2.05) is 0 Å². The van der Waals surface area contributed by atoms with Crippen molar-refractivity contribution in [3.63, 3.8) is 0 Å². The molecule has 0 bridgehead atoms. The third kappa shape index (κ3) is 5.67. The molecule has 1 aromatic heterocycles. The Hall–Kier alpha value is -8.20. The standard InChI is InChI=1S/C63H44N2/c1-63(2)57-27-15-13-23-50(57)51-38-37-47(39-58(51)63)64(44-19-7-4-8-20-44)45-35-31-43(32-36-45)55-40-56-49-22-10-12-25-53(49)62-61(60(56)52-24-11-9-21-48(52)55)54-26-14-16-28-59(54)65(62)46-33-29-42(30-34-46)41-17-5-3-6-18-41/h3-40H,1-2H3. The summed E-state index contributed by atoms with van der Waals surface area (Å²) in [5, 5.41) is 10.1. The molecule has 1 aliphatic rings. The van der Waals surface area contributed by atoms with E-state index in [4.69, 9.17) is 0 Å². The number of fused-ring (bicyclic) bond motifs is 13. The van der Waals surface area contributed by atoms with Crippen LogP contribution < -0.4 is 4.90 Å². The smallest absolute Gasteiger partial charge is 0.0626 e. The Morgan fingerprint density at radius 2 is 0.892 bits per heavy atom. The first-order chi connectivity index (χ1) is 32.0. The van der Waals surface area contributed by atoms with Crippen LogP contribution in [0.25, 0.3) is 93.2 Å². The SMILES string of the molecule is CC1(C)c2ccccc2-c2ccc(N(c3ccccc3)c3ccc(-c4cc5c6ccccc6c6c(c7ccccc7n6-c6ccc(-c7ccccc7)cc6)c5c5ccccc45)cc3)cc21. The molecule has 0 aliphatic heterocycles. The van der Waals surface area contributed by atoms with E-state index in [1.165, 1.54) is 98.6 Å². The summed E-state index contributed by atoms with van der Waals surface area (Å²) >= 11 is 0. The number of nitrogens with zero attached hydrogens (tertiary/aromatic N) is 2. The van der Waals surface area contributed by atoms with Gasteiger partial charge in [-0.25, -0.2) is 0 Å². The fraction of sp³-hybridized carbons (Fsp3) is 0.0476. The van der Waals surface area contributed by atoms with E-state index >= 15 is 0 Å². The predicted molar refractivity (Wildman–Crippen MR) is 276 cm³/mol. The second-order valence-electron chi connectivity index (χ2n) is 18.0. The Morgan fingerprint density at radius 1 is 0.338 bits per heavy atom. The summed E-state index contributed by atoms with van der Waals surface area (Å²) < 4.78 is 2.49. The van der Waals surface area contributed by atoms with Gasteiger partial charge in [0.25, 0.3) is 0 Å². The molecule has 11 aromatic carbocycles. The van der Waals surface area contributed by atoms with Crippen molar-refractivity contribution in [1.29, 1.82) is 0 Å². The molecule has 1 aliphatic carbocycles. The van der Waals surface area contributed by atoms with Gasteiger partial charge in [0.05, 0.1) is 11.0 Å². The molecule has 0 unspecified atom stereocenters. The third-order valence-electron chi connectivity index (χ3n) is 14.2. The second-order valence-corrected chi connectivity index (χ2v) is 18.0. The molecule has 0 fully saturated rings. The molecule has 2 heteroatoms. The number of hydrogen-bond acceptors (Lipinski definition) is 1. The molecule has 0 N–H and O–H groups in total. The van der Waals surface area contributed by atoms with Crippen LogP contribution in [-0.2, 0) is 5.41 Å². The normalized spacial score (nSPS) is 12.9. The average molecular weight is 829 g/mol. The van der Waals surface area contributed by atoms with E-state index in [2.05, 4.69) is 254 Å². The van der Waals surface area contributed by atoms with Crippen molar-refractivity contribution in [2.24, 2.45) is 0 Å². The van der Waals surface area contributed by atoms with Crippen LogP contribution in [-0.4, -0.2) is 4.57 Å². The zero-order chi connectivity index (χ0) is 43.2. The van der Waals surface area contributed by atoms with E-state index in [1.54, 1.807) is 0 Å². The summed E-state index contributed by atoms with van der Waals surface area (Å²) in [6.45, 7) is 4.71. The first-order valence-corrected chi connectivity index (χ1v) is 22.7. The molecule has 0 radical (unpaired) electrons. The average Bonchev–Trinajstić information content (AvgIpc) is 3.83. The minimum atomic E-state index is -0.0932. The summed E-state index contributed by atoms with van der Waals surface area (Å²) in [4.78, 5) is 2.40. The van der Waals surface area contributed by atoms with Gasteiger partial charge in [-0.15, -0.1) is 0 Å². The minimum Gasteiger partial charge on any atom is -0.310 e. The lowest BCUT2D eigenvalue weighted by Gasteiger charge is -2.28. The van der Waals surface area contributed by atoms with E-state index in [-0.39, 0.29) is 5.41 Å². The summed E-state index contributed by atoms with van der Waals surface area (Å²) in [5.41, 5.74) is 17.2. The highest BCUT2D eigenvalue weighted by atomic mass is 15.1. The van der Waals surface area contributed by atoms with Gasteiger partial charge in [-0.05, 0) is 127 Å². The van der Waals surface area contributed by atoms with Crippen LogP contribution in [0.3, 0.4) is 0 Å². The fourth-order valence-electron chi connectivity index (χ4n) is 11.1. The van der Waals surface area contributed by atoms with Crippen molar-refractivity contribution in [1.82, 2.24) is 4.57 Å². The second kappa shape index (κ2) is 14.4. The number of para-hydroxylation sites is 2. The van der Waals surface area contributed by atoms with Gasteiger partial charge in [-0.2, -0.15) is 0 Å². The van der Waals surface area contributed by atoms with Crippen molar-refractivity contribution < 1.29 is 0 Å². The van der Waals surface area contributed by atoms with Gasteiger partial charge >= 0.3 is 0 Å². The molecule has 0 saturated carbocycles. The van der Waals surface area contributed by atoms with E-state index in [9.17, 15) is 0 Å². The van der Waals surface area contributed by atoms with Crippen molar-refractivity contribution in [3.8, 4) is 39.1 Å².